The number of hydrogen-bond donors (Lipinski definition) is 1. The van der Waals surface area contributed by atoms with Crippen molar-refractivity contribution >= 4 is 5.97 Å². The quantitative estimate of drug-likeness (QED) is 0.461. The molecule has 36 heavy (non-hydrogen) atoms. The third-order valence-electron chi connectivity index (χ3n) is 11.7. The second kappa shape index (κ2) is 8.72. The number of carbonyl (C=O) groups is 1. The van der Waals surface area contributed by atoms with Crippen molar-refractivity contribution < 1.29 is 14.6 Å². The van der Waals surface area contributed by atoms with Gasteiger partial charge in [0.2, 0.25) is 0 Å². The highest BCUT2D eigenvalue weighted by molar-refractivity contribution is 5.73. The summed E-state index contributed by atoms with van der Waals surface area (Å²) in [5.74, 6) is 2.73. The summed E-state index contributed by atoms with van der Waals surface area (Å²) in [6.45, 7) is 4.93. The Morgan fingerprint density at radius 1 is 0.806 bits per heavy atom. The minimum atomic E-state index is -0.723. The van der Waals surface area contributed by atoms with Gasteiger partial charge in [-0.3, -0.25) is 4.79 Å². The van der Waals surface area contributed by atoms with Crippen LogP contribution in [-0.4, -0.2) is 18.2 Å². The van der Waals surface area contributed by atoms with E-state index < -0.39 is 5.60 Å². The number of rotatable bonds is 3. The number of esters is 1. The van der Waals surface area contributed by atoms with Gasteiger partial charge >= 0.3 is 5.97 Å². The van der Waals surface area contributed by atoms with Crippen molar-refractivity contribution in [2.24, 2.45) is 40.4 Å². The van der Waals surface area contributed by atoms with Gasteiger partial charge in [0.15, 0.2) is 0 Å². The van der Waals surface area contributed by atoms with E-state index in [1.807, 2.05) is 6.07 Å². The molecule has 3 heteroatoms. The number of benzene rings is 2. The fraction of sp³-hybridized carbons (Fsp3) is 0.606. The number of fused-ring (bicyclic) bond motifs is 5. The van der Waals surface area contributed by atoms with Crippen LogP contribution in [0.25, 0.3) is 11.1 Å². The topological polar surface area (TPSA) is 46.5 Å². The molecule has 0 amide bonds. The van der Waals surface area contributed by atoms with Crippen LogP contribution < -0.4 is 0 Å². The van der Waals surface area contributed by atoms with Crippen molar-refractivity contribution in [3.05, 3.63) is 60.2 Å². The smallest absolute Gasteiger partial charge is 0.309 e. The third-order valence-corrected chi connectivity index (χ3v) is 11.7. The minimum absolute atomic E-state index is 0.0133. The van der Waals surface area contributed by atoms with Crippen LogP contribution in [0.4, 0.5) is 0 Å². The number of hydrogen-bond acceptors (Lipinski definition) is 3. The highest BCUT2D eigenvalue weighted by Gasteiger charge is 2.62. The molecule has 2 aromatic carbocycles. The molecule has 4 fully saturated rings. The zero-order chi connectivity index (χ0) is 25.1. The van der Waals surface area contributed by atoms with Crippen LogP contribution in [0.3, 0.4) is 0 Å². The lowest BCUT2D eigenvalue weighted by molar-refractivity contribution is -0.164. The van der Waals surface area contributed by atoms with E-state index in [2.05, 4.69) is 62.4 Å². The summed E-state index contributed by atoms with van der Waals surface area (Å²) in [5.41, 5.74) is 3.18. The summed E-state index contributed by atoms with van der Waals surface area (Å²) >= 11 is 0. The molecule has 0 spiro atoms. The van der Waals surface area contributed by atoms with Gasteiger partial charge < -0.3 is 9.84 Å². The van der Waals surface area contributed by atoms with Gasteiger partial charge in [0.1, 0.15) is 0 Å². The molecule has 0 bridgehead atoms. The molecule has 0 radical (unpaired) electrons. The SMILES string of the molecule is COC(=O)[C@H]1CC[C@H]2[C@@H]3CC[C@@H]4C[C@@](O)(c5ccc(-c6ccccc6)cc5)CC[C@]4(C)[C@H]3CC[C@]12C. The predicted octanol–water partition coefficient (Wildman–Crippen LogP) is 7.37. The largest absolute Gasteiger partial charge is 0.469 e. The maximum absolute atomic E-state index is 12.6. The molecule has 8 atom stereocenters. The summed E-state index contributed by atoms with van der Waals surface area (Å²) < 4.78 is 5.22. The van der Waals surface area contributed by atoms with E-state index in [4.69, 9.17) is 4.74 Å². The average Bonchev–Trinajstić information content (AvgIpc) is 3.26. The average molecular weight is 487 g/mol. The van der Waals surface area contributed by atoms with Crippen LogP contribution in [0.1, 0.15) is 77.2 Å². The molecule has 192 valence electrons. The zero-order valence-corrected chi connectivity index (χ0v) is 22.2. The van der Waals surface area contributed by atoms with Gasteiger partial charge in [0.25, 0.3) is 0 Å². The number of methoxy groups -OCH3 is 1. The Hall–Kier alpha value is -2.13. The van der Waals surface area contributed by atoms with Crippen molar-refractivity contribution in [2.75, 3.05) is 7.11 Å². The van der Waals surface area contributed by atoms with Crippen LogP contribution in [0.2, 0.25) is 0 Å². The van der Waals surface area contributed by atoms with Gasteiger partial charge in [-0.05, 0) is 109 Å². The van der Waals surface area contributed by atoms with Crippen molar-refractivity contribution in [3.63, 3.8) is 0 Å². The van der Waals surface area contributed by atoms with Gasteiger partial charge in [-0.2, -0.15) is 0 Å². The molecule has 3 nitrogen and oxygen atoms in total. The molecule has 0 unspecified atom stereocenters. The molecule has 4 aliphatic carbocycles. The first-order chi connectivity index (χ1) is 17.3. The molecule has 0 heterocycles. The first kappa shape index (κ1) is 24.2. The summed E-state index contributed by atoms with van der Waals surface area (Å²) in [6.07, 6.45) is 9.82. The van der Waals surface area contributed by atoms with Gasteiger partial charge in [0.05, 0.1) is 18.6 Å². The van der Waals surface area contributed by atoms with E-state index in [0.29, 0.717) is 17.3 Å². The number of aliphatic hydroxyl groups is 1. The second-order valence-electron chi connectivity index (χ2n) is 13.0. The molecule has 4 saturated carbocycles. The van der Waals surface area contributed by atoms with Crippen LogP contribution in [0, 0.1) is 40.4 Å². The molecule has 4 aliphatic rings. The lowest BCUT2D eigenvalue weighted by atomic mass is 9.43. The first-order valence-corrected chi connectivity index (χ1v) is 14.2. The number of carbonyl (C=O) groups excluding carboxylic acids is 1. The van der Waals surface area contributed by atoms with Crippen LogP contribution >= 0.6 is 0 Å². The normalized spacial score (nSPS) is 41.6. The van der Waals surface area contributed by atoms with Crippen LogP contribution in [-0.2, 0) is 15.1 Å². The molecule has 2 aromatic rings. The molecule has 0 aliphatic heterocycles. The van der Waals surface area contributed by atoms with E-state index >= 15 is 0 Å². The lowest BCUT2D eigenvalue weighted by Gasteiger charge is -2.62. The molecule has 6 rings (SSSR count). The Balaban J connectivity index is 1.20. The fourth-order valence-corrected chi connectivity index (χ4v) is 9.64. The molecular weight excluding hydrogens is 444 g/mol. The maximum Gasteiger partial charge on any atom is 0.309 e. The summed E-state index contributed by atoms with van der Waals surface area (Å²) in [4.78, 5) is 12.6. The molecular formula is C33H42O3. The van der Waals surface area contributed by atoms with Gasteiger partial charge in [-0.15, -0.1) is 0 Å². The predicted molar refractivity (Wildman–Crippen MR) is 143 cm³/mol. The van der Waals surface area contributed by atoms with Crippen molar-refractivity contribution in [3.8, 4) is 11.1 Å². The van der Waals surface area contributed by atoms with Crippen molar-refractivity contribution in [1.82, 2.24) is 0 Å². The number of ether oxygens (including phenoxy) is 1. The van der Waals surface area contributed by atoms with Crippen molar-refractivity contribution in [2.45, 2.75) is 77.2 Å². The lowest BCUT2D eigenvalue weighted by Crippen LogP contribution is -2.55. The van der Waals surface area contributed by atoms with Crippen molar-refractivity contribution in [1.29, 1.82) is 0 Å². The highest BCUT2D eigenvalue weighted by atomic mass is 16.5. The molecule has 0 saturated heterocycles. The first-order valence-electron chi connectivity index (χ1n) is 14.2. The van der Waals surface area contributed by atoms with Crippen LogP contribution in [0.5, 0.6) is 0 Å². The Kier molecular flexibility index (Phi) is 5.87. The van der Waals surface area contributed by atoms with E-state index in [9.17, 15) is 9.90 Å². The maximum atomic E-state index is 12.6. The summed E-state index contributed by atoms with van der Waals surface area (Å²) in [7, 11) is 1.55. The summed E-state index contributed by atoms with van der Waals surface area (Å²) in [5, 5.41) is 11.9. The van der Waals surface area contributed by atoms with Gasteiger partial charge in [-0.1, -0.05) is 68.4 Å². The Morgan fingerprint density at radius 2 is 1.50 bits per heavy atom. The fourth-order valence-electron chi connectivity index (χ4n) is 9.64. The second-order valence-corrected chi connectivity index (χ2v) is 13.0. The molecule has 0 aromatic heterocycles. The Bertz CT molecular complexity index is 1110. The van der Waals surface area contributed by atoms with Gasteiger partial charge in [-0.25, -0.2) is 0 Å². The third kappa shape index (κ3) is 3.60. The van der Waals surface area contributed by atoms with E-state index in [-0.39, 0.29) is 17.3 Å². The van der Waals surface area contributed by atoms with Crippen LogP contribution in [0.15, 0.2) is 54.6 Å². The van der Waals surface area contributed by atoms with E-state index in [1.54, 1.807) is 7.11 Å². The Morgan fingerprint density at radius 3 is 2.22 bits per heavy atom. The zero-order valence-electron chi connectivity index (χ0n) is 22.2. The highest BCUT2D eigenvalue weighted by Crippen LogP contribution is 2.68. The Labute approximate surface area is 216 Å². The van der Waals surface area contributed by atoms with E-state index in [1.165, 1.54) is 36.8 Å². The van der Waals surface area contributed by atoms with Gasteiger partial charge in [0, 0.05) is 0 Å². The standard InChI is InChI=1S/C33H42O3/c1-31-19-20-33(35,24-11-9-23(10-12-24)22-7-5-4-6-8-22)21-25(31)13-14-26-27-15-16-29(30(34)36-3)32(27,2)18-17-28(26)31/h4-12,25-29,35H,13-21H2,1-3H3/t25-,26+,27+,28+,29-,31+,32+,33-/m1/s1. The monoisotopic (exact) mass is 486 g/mol. The minimum Gasteiger partial charge on any atom is -0.469 e. The molecule has 1 N–H and O–H groups in total. The van der Waals surface area contributed by atoms with E-state index in [0.717, 1.165) is 49.5 Å². The summed E-state index contributed by atoms with van der Waals surface area (Å²) in [6, 6.07) is 19.1.